The number of carbonyl (C=O) groups is 2. The highest BCUT2D eigenvalue weighted by Gasteiger charge is 2.46. The van der Waals surface area contributed by atoms with E-state index in [0.29, 0.717) is 6.42 Å². The van der Waals surface area contributed by atoms with E-state index in [0.717, 1.165) is 0 Å². The smallest absolute Gasteiger partial charge is 0.315 e. The summed E-state index contributed by atoms with van der Waals surface area (Å²) < 4.78 is -0.355. The summed E-state index contributed by atoms with van der Waals surface area (Å²) >= 11 is 6.56. The van der Waals surface area contributed by atoms with Gasteiger partial charge in [0, 0.05) is 11.8 Å². The molecule has 0 saturated heterocycles. The van der Waals surface area contributed by atoms with Gasteiger partial charge in [-0.1, -0.05) is 85.8 Å². The van der Waals surface area contributed by atoms with Gasteiger partial charge in [-0.2, -0.15) is 0 Å². The lowest BCUT2D eigenvalue weighted by Crippen LogP contribution is -2.53. The lowest BCUT2D eigenvalue weighted by molar-refractivity contribution is -0.141. The second-order valence-electron chi connectivity index (χ2n) is 5.34. The molecule has 0 aromatic rings. The minimum Gasteiger partial charge on any atom is -0.481 e. The zero-order valence-electron chi connectivity index (χ0n) is 12.7. The standard InChI is InChI=1S/C15H19I3N2O4/c1-2-5-19-15(24)20-13-11(17)8(4-3-6-21)7-9(16)10(12(13)18)14(22)23/h1,3-4,8-13,21H,5-7H2,(H,22,23)(H2,19,20,24)/b4-3+. The van der Waals surface area contributed by atoms with Gasteiger partial charge in [0.25, 0.3) is 0 Å². The average molecular weight is 672 g/mol. The van der Waals surface area contributed by atoms with Crippen LogP contribution in [0, 0.1) is 24.2 Å². The second-order valence-corrected chi connectivity index (χ2v) is 9.81. The number of aliphatic carboxylic acids is 1. The summed E-state index contributed by atoms with van der Waals surface area (Å²) in [5.41, 5.74) is 0. The highest BCUT2D eigenvalue weighted by Crippen LogP contribution is 2.40. The quantitative estimate of drug-likeness (QED) is 0.118. The molecule has 2 amide bonds. The van der Waals surface area contributed by atoms with Crippen molar-refractivity contribution in [1.82, 2.24) is 10.6 Å². The Morgan fingerprint density at radius 2 is 1.96 bits per heavy atom. The molecule has 6 unspecified atom stereocenters. The largest absolute Gasteiger partial charge is 0.481 e. The third-order valence-electron chi connectivity index (χ3n) is 3.75. The molecule has 0 radical (unpaired) electrons. The Kier molecular flexibility index (Phi) is 10.2. The molecule has 9 heteroatoms. The molecular formula is C15H19I3N2O4. The molecule has 0 aliphatic heterocycles. The van der Waals surface area contributed by atoms with E-state index in [-0.39, 0.29) is 36.9 Å². The number of carboxylic acid groups (broad SMARTS) is 1. The summed E-state index contributed by atoms with van der Waals surface area (Å²) in [7, 11) is 0. The van der Waals surface area contributed by atoms with Crippen LogP contribution in [0.3, 0.4) is 0 Å². The van der Waals surface area contributed by atoms with Crippen LogP contribution in [0.5, 0.6) is 0 Å². The van der Waals surface area contributed by atoms with E-state index < -0.39 is 17.9 Å². The molecular weight excluding hydrogens is 653 g/mol. The number of carboxylic acids is 1. The molecule has 0 heterocycles. The van der Waals surface area contributed by atoms with E-state index in [2.05, 4.69) is 84.3 Å². The number of carbonyl (C=O) groups excluding carboxylic acids is 1. The molecule has 1 fully saturated rings. The van der Waals surface area contributed by atoms with E-state index in [4.69, 9.17) is 11.5 Å². The van der Waals surface area contributed by atoms with Crippen LogP contribution in [-0.4, -0.2) is 53.2 Å². The number of aliphatic hydroxyl groups is 1. The Bertz CT molecular complexity index is 523. The van der Waals surface area contributed by atoms with Gasteiger partial charge in [-0.05, 0) is 12.3 Å². The fourth-order valence-corrected chi connectivity index (χ4v) is 8.13. The normalized spacial score (nSPS) is 33.5. The Morgan fingerprint density at radius 3 is 2.50 bits per heavy atom. The SMILES string of the molecule is C#CCNC(=O)NC1C(I)C(/C=C/CO)CC(I)C(C(=O)O)C1I. The van der Waals surface area contributed by atoms with Gasteiger partial charge in [0.05, 0.1) is 25.1 Å². The molecule has 6 nitrogen and oxygen atoms in total. The predicted molar refractivity (Wildman–Crippen MR) is 118 cm³/mol. The van der Waals surface area contributed by atoms with E-state index in [1.54, 1.807) is 6.08 Å². The van der Waals surface area contributed by atoms with Crippen LogP contribution in [-0.2, 0) is 4.79 Å². The molecule has 4 N–H and O–H groups in total. The molecule has 1 aliphatic carbocycles. The number of nitrogens with one attached hydrogen (secondary N) is 2. The van der Waals surface area contributed by atoms with Crippen LogP contribution >= 0.6 is 67.8 Å². The number of aliphatic hydroxyl groups excluding tert-OH is 1. The first kappa shape index (κ1) is 22.2. The summed E-state index contributed by atoms with van der Waals surface area (Å²) in [5.74, 6) is 0.950. The maximum atomic E-state index is 12.0. The van der Waals surface area contributed by atoms with Crippen molar-refractivity contribution in [2.75, 3.05) is 13.2 Å². The molecule has 0 aromatic carbocycles. The van der Waals surface area contributed by atoms with Gasteiger partial charge in [-0.15, -0.1) is 6.42 Å². The van der Waals surface area contributed by atoms with Crippen LogP contribution in [0.1, 0.15) is 6.42 Å². The number of alkyl halides is 3. The molecule has 1 saturated carbocycles. The third-order valence-corrected chi connectivity index (χ3v) is 8.28. The number of amides is 2. The maximum absolute atomic E-state index is 12.0. The summed E-state index contributed by atoms with van der Waals surface area (Å²) in [4.78, 5) is 23.8. The summed E-state index contributed by atoms with van der Waals surface area (Å²) in [6.07, 6.45) is 9.38. The Balaban J connectivity index is 3.08. The topological polar surface area (TPSA) is 98.7 Å². The average Bonchev–Trinajstić information content (AvgIpc) is 2.60. The molecule has 6 atom stereocenters. The van der Waals surface area contributed by atoms with Gasteiger partial charge in [-0.3, -0.25) is 4.79 Å². The molecule has 0 aromatic heterocycles. The number of terminal acetylenes is 1. The lowest BCUT2D eigenvalue weighted by Gasteiger charge is -2.30. The van der Waals surface area contributed by atoms with Crippen LogP contribution in [0.4, 0.5) is 4.79 Å². The highest BCUT2D eigenvalue weighted by atomic mass is 127. The van der Waals surface area contributed by atoms with Crippen LogP contribution in [0.15, 0.2) is 12.2 Å². The molecule has 1 rings (SSSR count). The Morgan fingerprint density at radius 1 is 1.29 bits per heavy atom. The van der Waals surface area contributed by atoms with E-state index >= 15 is 0 Å². The number of urea groups is 1. The third kappa shape index (κ3) is 6.17. The highest BCUT2D eigenvalue weighted by molar-refractivity contribution is 14.1. The van der Waals surface area contributed by atoms with Crippen molar-refractivity contribution in [3.05, 3.63) is 12.2 Å². The lowest BCUT2D eigenvalue weighted by atomic mass is 9.97. The van der Waals surface area contributed by atoms with Gasteiger partial charge >= 0.3 is 12.0 Å². The van der Waals surface area contributed by atoms with Crippen molar-refractivity contribution in [2.24, 2.45) is 11.8 Å². The number of halogens is 3. The van der Waals surface area contributed by atoms with Gasteiger partial charge in [0.15, 0.2) is 0 Å². The second kappa shape index (κ2) is 11.0. The van der Waals surface area contributed by atoms with Crippen molar-refractivity contribution in [3.63, 3.8) is 0 Å². The van der Waals surface area contributed by atoms with Gasteiger partial charge < -0.3 is 20.8 Å². The minimum atomic E-state index is -0.861. The van der Waals surface area contributed by atoms with Crippen LogP contribution in [0.25, 0.3) is 0 Å². The van der Waals surface area contributed by atoms with Crippen molar-refractivity contribution in [2.45, 2.75) is 24.2 Å². The number of allylic oxidation sites excluding steroid dienone is 1. The maximum Gasteiger partial charge on any atom is 0.315 e. The molecule has 24 heavy (non-hydrogen) atoms. The monoisotopic (exact) mass is 672 g/mol. The number of hydrogen-bond acceptors (Lipinski definition) is 3. The molecule has 0 bridgehead atoms. The number of rotatable bonds is 5. The summed E-state index contributed by atoms with van der Waals surface area (Å²) in [6, 6.07) is -0.736. The fourth-order valence-electron chi connectivity index (χ4n) is 2.61. The molecule has 134 valence electrons. The van der Waals surface area contributed by atoms with Gasteiger partial charge in [-0.25, -0.2) is 4.79 Å². The van der Waals surface area contributed by atoms with E-state index in [1.807, 2.05) is 6.08 Å². The Labute approximate surface area is 182 Å². The van der Waals surface area contributed by atoms with Crippen molar-refractivity contribution in [3.8, 4) is 12.3 Å². The van der Waals surface area contributed by atoms with E-state index in [1.165, 1.54) is 0 Å². The zero-order chi connectivity index (χ0) is 18.3. The van der Waals surface area contributed by atoms with Gasteiger partial charge in [0.1, 0.15) is 0 Å². The van der Waals surface area contributed by atoms with E-state index in [9.17, 15) is 14.7 Å². The minimum absolute atomic E-state index is 0.00879. The summed E-state index contributed by atoms with van der Waals surface area (Å²) in [6.45, 7) is 0.0457. The zero-order valence-corrected chi connectivity index (χ0v) is 19.1. The summed E-state index contributed by atoms with van der Waals surface area (Å²) in [5, 5.41) is 24.1. The van der Waals surface area contributed by atoms with Crippen LogP contribution < -0.4 is 10.6 Å². The van der Waals surface area contributed by atoms with Crippen molar-refractivity contribution < 1.29 is 19.8 Å². The fraction of sp³-hybridized carbons (Fsp3) is 0.600. The van der Waals surface area contributed by atoms with Gasteiger partial charge in [0.2, 0.25) is 0 Å². The first-order valence-corrected chi connectivity index (χ1v) is 11.0. The first-order chi connectivity index (χ1) is 11.3. The Hall–Kier alpha value is 0.190. The van der Waals surface area contributed by atoms with Crippen LogP contribution in [0.2, 0.25) is 0 Å². The molecule has 0 spiro atoms. The predicted octanol–water partition coefficient (Wildman–Crippen LogP) is 1.97. The molecule has 1 aliphatic rings. The number of hydrogen-bond donors (Lipinski definition) is 4. The van der Waals surface area contributed by atoms with Crippen molar-refractivity contribution in [1.29, 1.82) is 0 Å². The van der Waals surface area contributed by atoms with Crippen molar-refractivity contribution >= 4 is 79.8 Å². The first-order valence-electron chi connectivity index (χ1n) is 7.23.